The lowest BCUT2D eigenvalue weighted by atomic mass is 10.1. The predicted octanol–water partition coefficient (Wildman–Crippen LogP) is 3.07. The molecule has 5 nitrogen and oxygen atoms in total. The molecule has 1 amide bonds. The Morgan fingerprint density at radius 2 is 1.96 bits per heavy atom. The average molecular weight is 396 g/mol. The van der Waals surface area contributed by atoms with Crippen LogP contribution in [0.15, 0.2) is 47.9 Å². The van der Waals surface area contributed by atoms with Gasteiger partial charge in [-0.2, -0.15) is 13.5 Å². The van der Waals surface area contributed by atoms with Gasteiger partial charge in [0.25, 0.3) is 0 Å². The first kappa shape index (κ1) is 16.2. The first-order valence-corrected chi connectivity index (χ1v) is 9.58. The summed E-state index contributed by atoms with van der Waals surface area (Å²) >= 11 is 3.22. The van der Waals surface area contributed by atoms with Gasteiger partial charge in [-0.05, 0) is 22.4 Å². The van der Waals surface area contributed by atoms with E-state index in [0.717, 1.165) is 26.8 Å². The number of alkyl halides is 1. The molecule has 0 bridgehead atoms. The molecule has 1 fully saturated rings. The Morgan fingerprint density at radius 3 is 2.70 bits per heavy atom. The quantitative estimate of drug-likeness (QED) is 0.576. The molecule has 23 heavy (non-hydrogen) atoms. The summed E-state index contributed by atoms with van der Waals surface area (Å²) in [5, 5.41) is 4.31. The van der Waals surface area contributed by atoms with E-state index in [1.807, 2.05) is 42.5 Å². The molecule has 1 heterocycles. The van der Waals surface area contributed by atoms with Crippen molar-refractivity contribution >= 4 is 48.8 Å². The van der Waals surface area contributed by atoms with E-state index in [2.05, 4.69) is 15.9 Å². The van der Waals surface area contributed by atoms with E-state index in [9.17, 15) is 13.2 Å². The summed E-state index contributed by atoms with van der Waals surface area (Å²) in [6.45, 7) is 0. The van der Waals surface area contributed by atoms with Crippen LogP contribution in [0.25, 0.3) is 16.8 Å². The van der Waals surface area contributed by atoms with Crippen LogP contribution in [-0.4, -0.2) is 30.8 Å². The fourth-order valence-corrected chi connectivity index (χ4v) is 3.66. The molecule has 2 aromatic carbocycles. The first-order chi connectivity index (χ1) is 11.0. The molecule has 0 aromatic heterocycles. The minimum absolute atomic E-state index is 0.247. The highest BCUT2D eigenvalue weighted by Gasteiger charge is 2.39. The van der Waals surface area contributed by atoms with Gasteiger partial charge in [0.15, 0.2) is 0 Å². The molecule has 0 spiro atoms. The SMILES string of the molecule is O=C1CC(CBr)N1OS(=O)(=O)/C=C/c1cccc2ccccc12. The van der Waals surface area contributed by atoms with Crippen molar-refractivity contribution in [3.05, 3.63) is 53.4 Å². The van der Waals surface area contributed by atoms with Crippen LogP contribution in [-0.2, 0) is 19.2 Å². The van der Waals surface area contributed by atoms with Crippen LogP contribution in [0.1, 0.15) is 12.0 Å². The van der Waals surface area contributed by atoms with Crippen molar-refractivity contribution in [1.29, 1.82) is 0 Å². The van der Waals surface area contributed by atoms with Crippen molar-refractivity contribution < 1.29 is 17.5 Å². The van der Waals surface area contributed by atoms with Crippen molar-refractivity contribution in [2.24, 2.45) is 0 Å². The maximum absolute atomic E-state index is 12.0. The van der Waals surface area contributed by atoms with Crippen molar-refractivity contribution in [1.82, 2.24) is 5.06 Å². The number of nitrogens with zero attached hydrogens (tertiary/aromatic N) is 1. The van der Waals surface area contributed by atoms with Crippen LogP contribution in [0, 0.1) is 0 Å². The van der Waals surface area contributed by atoms with Crippen LogP contribution >= 0.6 is 15.9 Å². The van der Waals surface area contributed by atoms with Crippen molar-refractivity contribution in [3.63, 3.8) is 0 Å². The molecule has 0 N–H and O–H groups in total. The normalized spacial score (nSPS) is 18.6. The van der Waals surface area contributed by atoms with Gasteiger partial charge in [-0.1, -0.05) is 58.4 Å². The molecule has 1 unspecified atom stereocenters. The highest BCUT2D eigenvalue weighted by atomic mass is 79.9. The Labute approximate surface area is 142 Å². The number of fused-ring (bicyclic) bond motifs is 1. The van der Waals surface area contributed by atoms with Crippen molar-refractivity contribution in [2.45, 2.75) is 12.5 Å². The highest BCUT2D eigenvalue weighted by Crippen LogP contribution is 2.24. The van der Waals surface area contributed by atoms with Gasteiger partial charge >= 0.3 is 10.1 Å². The zero-order valence-corrected chi connectivity index (χ0v) is 14.5. The molecule has 1 aliphatic rings. The van der Waals surface area contributed by atoms with Gasteiger partial charge < -0.3 is 0 Å². The smallest absolute Gasteiger partial charge is 0.272 e. The zero-order chi connectivity index (χ0) is 16.4. The second-order valence-corrected chi connectivity index (χ2v) is 7.22. The van der Waals surface area contributed by atoms with E-state index >= 15 is 0 Å². The molecule has 0 aliphatic carbocycles. The van der Waals surface area contributed by atoms with E-state index in [-0.39, 0.29) is 18.4 Å². The molecule has 0 radical (unpaired) electrons. The van der Waals surface area contributed by atoms with E-state index in [0.29, 0.717) is 5.33 Å². The summed E-state index contributed by atoms with van der Waals surface area (Å²) in [4.78, 5) is 11.4. The van der Waals surface area contributed by atoms with Gasteiger partial charge in [-0.15, -0.1) is 4.28 Å². The highest BCUT2D eigenvalue weighted by molar-refractivity contribution is 9.09. The molecule has 3 rings (SSSR count). The van der Waals surface area contributed by atoms with Gasteiger partial charge in [-0.25, -0.2) is 0 Å². The summed E-state index contributed by atoms with van der Waals surface area (Å²) in [6.07, 6.45) is 1.76. The third-order valence-electron chi connectivity index (χ3n) is 3.59. The van der Waals surface area contributed by atoms with Gasteiger partial charge in [0, 0.05) is 5.33 Å². The maximum Gasteiger partial charge on any atom is 0.310 e. The predicted molar refractivity (Wildman–Crippen MR) is 92.0 cm³/mol. The van der Waals surface area contributed by atoms with Crippen molar-refractivity contribution in [2.75, 3.05) is 5.33 Å². The second-order valence-electron chi connectivity index (χ2n) is 5.17. The molecular weight excluding hydrogens is 382 g/mol. The summed E-state index contributed by atoms with van der Waals surface area (Å²) in [5.41, 5.74) is 0.766. The second kappa shape index (κ2) is 6.43. The van der Waals surface area contributed by atoms with Crippen LogP contribution in [0.4, 0.5) is 0 Å². The molecule has 0 saturated carbocycles. The number of halogens is 1. The zero-order valence-electron chi connectivity index (χ0n) is 12.1. The van der Waals surface area contributed by atoms with E-state index < -0.39 is 10.1 Å². The number of hydrogen-bond donors (Lipinski definition) is 0. The van der Waals surface area contributed by atoms with Gasteiger partial charge in [0.1, 0.15) is 0 Å². The molecule has 1 atom stereocenters. The van der Waals surface area contributed by atoms with Gasteiger partial charge in [-0.3, -0.25) is 4.79 Å². The maximum atomic E-state index is 12.0. The fourth-order valence-electron chi connectivity index (χ4n) is 2.37. The number of hydrogen-bond acceptors (Lipinski definition) is 4. The number of hydroxylamine groups is 2. The molecule has 1 aliphatic heterocycles. The largest absolute Gasteiger partial charge is 0.310 e. The van der Waals surface area contributed by atoms with E-state index in [4.69, 9.17) is 4.28 Å². The molecule has 120 valence electrons. The van der Waals surface area contributed by atoms with Gasteiger partial charge in [0.2, 0.25) is 5.91 Å². The number of amides is 1. The number of benzene rings is 2. The summed E-state index contributed by atoms with van der Waals surface area (Å²) < 4.78 is 28.9. The van der Waals surface area contributed by atoms with Crippen LogP contribution < -0.4 is 0 Å². The van der Waals surface area contributed by atoms with Crippen LogP contribution in [0.3, 0.4) is 0 Å². The lowest BCUT2D eigenvalue weighted by molar-refractivity contribution is -0.185. The minimum atomic E-state index is -3.98. The third kappa shape index (κ3) is 3.46. The lowest BCUT2D eigenvalue weighted by Gasteiger charge is -2.36. The summed E-state index contributed by atoms with van der Waals surface area (Å²) in [6, 6.07) is 13.1. The Morgan fingerprint density at radius 1 is 1.22 bits per heavy atom. The molecule has 2 aromatic rings. The van der Waals surface area contributed by atoms with Gasteiger partial charge in [0.05, 0.1) is 17.9 Å². The first-order valence-electron chi connectivity index (χ1n) is 6.98. The molecular formula is C16H14BrNO4S. The van der Waals surface area contributed by atoms with Crippen LogP contribution in [0.5, 0.6) is 0 Å². The lowest BCUT2D eigenvalue weighted by Crippen LogP contribution is -2.53. The topological polar surface area (TPSA) is 63.7 Å². The third-order valence-corrected chi connectivity index (χ3v) is 5.17. The average Bonchev–Trinajstić information content (AvgIpc) is 2.56. The molecule has 7 heteroatoms. The number of β-lactam (4-membered cyclic amide) rings is 1. The summed E-state index contributed by atoms with van der Waals surface area (Å²) in [5.74, 6) is -0.336. The Hall–Kier alpha value is -1.70. The number of carbonyl (C=O) groups is 1. The van der Waals surface area contributed by atoms with Crippen molar-refractivity contribution in [3.8, 4) is 0 Å². The summed E-state index contributed by atoms with van der Waals surface area (Å²) in [7, 11) is -3.98. The monoisotopic (exact) mass is 395 g/mol. The van der Waals surface area contributed by atoms with E-state index in [1.54, 1.807) is 0 Å². The van der Waals surface area contributed by atoms with Crippen LogP contribution in [0.2, 0.25) is 0 Å². The van der Waals surface area contributed by atoms with E-state index in [1.165, 1.54) is 6.08 Å². The Bertz CT molecular complexity index is 873. The molecule has 1 saturated heterocycles. The minimum Gasteiger partial charge on any atom is -0.272 e. The number of carbonyl (C=O) groups excluding carboxylic acids is 1. The fraction of sp³-hybridized carbons (Fsp3) is 0.188. The Kier molecular flexibility index (Phi) is 4.52. The number of rotatable bonds is 5. The standard InChI is InChI=1S/C16H14BrNO4S/c17-11-14-10-16(19)18(14)22-23(20,21)9-8-13-6-3-5-12-4-1-2-7-15(12)13/h1-9,14H,10-11H2/b9-8+. The Balaban J connectivity index is 1.82.